The van der Waals surface area contributed by atoms with Crippen molar-refractivity contribution in [3.8, 4) is 5.82 Å². The van der Waals surface area contributed by atoms with E-state index in [9.17, 15) is 14.9 Å². The van der Waals surface area contributed by atoms with Gasteiger partial charge in [0.05, 0.1) is 5.10 Å². The molecule has 3 rings (SSSR count). The van der Waals surface area contributed by atoms with Gasteiger partial charge in [0.15, 0.2) is 0 Å². The fourth-order valence-corrected chi connectivity index (χ4v) is 1.67. The average molecular weight is 246 g/mol. The normalized spacial score (nSPS) is 10.9. The number of hydrogen-bond acceptors (Lipinski definition) is 5. The molecule has 9 nitrogen and oxygen atoms in total. The maximum absolute atomic E-state index is 11.9. The number of nitrogens with one attached hydrogen (secondary N) is 2. The summed E-state index contributed by atoms with van der Waals surface area (Å²) >= 11 is 0. The van der Waals surface area contributed by atoms with Gasteiger partial charge in [-0.15, -0.1) is 9.75 Å². The van der Waals surface area contributed by atoms with E-state index in [-0.39, 0.29) is 5.82 Å². The van der Waals surface area contributed by atoms with Gasteiger partial charge in [0, 0.05) is 4.80 Å². The molecule has 0 atom stereocenters. The van der Waals surface area contributed by atoms with Gasteiger partial charge in [0.25, 0.3) is 5.56 Å². The molecule has 0 spiro atoms. The number of aromatic nitrogens is 5. The van der Waals surface area contributed by atoms with Gasteiger partial charge in [-0.1, -0.05) is 12.1 Å². The maximum atomic E-state index is 11.9. The van der Waals surface area contributed by atoms with E-state index in [1.54, 1.807) is 24.3 Å². The van der Waals surface area contributed by atoms with Crippen LogP contribution in [0.15, 0.2) is 34.2 Å². The summed E-state index contributed by atoms with van der Waals surface area (Å²) in [4.78, 5) is 23.1. The molecule has 0 amide bonds. The monoisotopic (exact) mass is 246 g/mol. The first kappa shape index (κ1) is 10.2. The van der Waals surface area contributed by atoms with Gasteiger partial charge >= 0.3 is 0 Å². The molecule has 0 aliphatic heterocycles. The van der Waals surface area contributed by atoms with Crippen molar-refractivity contribution in [2.24, 2.45) is 5.18 Å². The van der Waals surface area contributed by atoms with Crippen molar-refractivity contribution >= 4 is 16.7 Å². The van der Waals surface area contributed by atoms with E-state index in [1.807, 2.05) is 0 Å². The zero-order chi connectivity index (χ0) is 12.7. The van der Waals surface area contributed by atoms with Gasteiger partial charge < -0.3 is 5.21 Å². The first-order chi connectivity index (χ1) is 8.72. The highest BCUT2D eigenvalue weighted by atomic mass is 16.5. The van der Waals surface area contributed by atoms with Crippen LogP contribution in [0.3, 0.4) is 0 Å². The molecule has 0 aliphatic rings. The molecule has 0 aliphatic carbocycles. The Hall–Kier alpha value is -2.97. The number of fused-ring (bicyclic) bond motifs is 1. The lowest BCUT2D eigenvalue weighted by atomic mass is 10.3. The first-order valence-electron chi connectivity index (χ1n) is 4.94. The van der Waals surface area contributed by atoms with Gasteiger partial charge in [-0.3, -0.25) is 15.0 Å². The molecule has 90 valence electrons. The summed E-state index contributed by atoms with van der Waals surface area (Å²) in [6.07, 6.45) is 0. The molecule has 0 unspecified atom stereocenters. The van der Waals surface area contributed by atoms with Crippen LogP contribution in [0.2, 0.25) is 0 Å². The molecule has 0 bridgehead atoms. The van der Waals surface area contributed by atoms with Crippen molar-refractivity contribution in [1.29, 1.82) is 0 Å². The largest absolute Gasteiger partial charge is 0.692 e. The van der Waals surface area contributed by atoms with Crippen molar-refractivity contribution in [1.82, 2.24) is 20.1 Å². The number of benzene rings is 1. The van der Waals surface area contributed by atoms with E-state index >= 15 is 0 Å². The molecular weight excluding hydrogens is 240 g/mol. The fraction of sp³-hybridized carbons (Fsp3) is 0. The zero-order valence-corrected chi connectivity index (χ0v) is 8.82. The van der Waals surface area contributed by atoms with Crippen LogP contribution in [0.25, 0.3) is 16.9 Å². The number of aromatic amines is 2. The standard InChI is InChI=1S/C9H6N6O3/c16-9-7(13-17)8(10-11-9)14-12-5-3-1-2-4-6(5)15(14)18/h1-4H,(H2,10,11,16). The number of hydrogen-bond donors (Lipinski definition) is 2. The van der Waals surface area contributed by atoms with Crippen LogP contribution >= 0.6 is 0 Å². The Morgan fingerprint density at radius 3 is 2.83 bits per heavy atom. The summed E-state index contributed by atoms with van der Waals surface area (Å²) < 4.78 is 0. The van der Waals surface area contributed by atoms with Gasteiger partial charge in [0.2, 0.25) is 22.5 Å². The molecule has 2 N–H and O–H groups in total. The van der Waals surface area contributed by atoms with Gasteiger partial charge in [0.1, 0.15) is 0 Å². The van der Waals surface area contributed by atoms with Crippen molar-refractivity contribution in [2.75, 3.05) is 0 Å². The predicted molar refractivity (Wildman–Crippen MR) is 60.5 cm³/mol. The second kappa shape index (κ2) is 3.52. The van der Waals surface area contributed by atoms with Crippen molar-refractivity contribution < 1.29 is 4.85 Å². The summed E-state index contributed by atoms with van der Waals surface area (Å²) in [5.41, 5.74) is -0.380. The maximum Gasteiger partial charge on any atom is 0.296 e. The lowest BCUT2D eigenvalue weighted by molar-refractivity contribution is -0.665. The van der Waals surface area contributed by atoms with Crippen LogP contribution in [-0.4, -0.2) is 20.1 Å². The quantitative estimate of drug-likeness (QED) is 0.377. The zero-order valence-electron chi connectivity index (χ0n) is 8.82. The molecule has 9 heteroatoms. The Balaban J connectivity index is 2.35. The van der Waals surface area contributed by atoms with Crippen LogP contribution < -0.4 is 10.4 Å². The molecular formula is C9H6N6O3. The molecule has 0 radical (unpaired) electrons. The summed E-state index contributed by atoms with van der Waals surface area (Å²) in [7, 11) is 0. The molecule has 0 saturated carbocycles. The van der Waals surface area contributed by atoms with Crippen LogP contribution in [0.1, 0.15) is 0 Å². The van der Waals surface area contributed by atoms with Crippen LogP contribution in [0.5, 0.6) is 0 Å². The van der Waals surface area contributed by atoms with E-state index in [1.165, 1.54) is 0 Å². The van der Waals surface area contributed by atoms with Crippen LogP contribution in [-0.2, 0) is 0 Å². The Morgan fingerprint density at radius 1 is 1.33 bits per heavy atom. The summed E-state index contributed by atoms with van der Waals surface area (Å²) in [6.45, 7) is 0. The Kier molecular flexibility index (Phi) is 1.99. The third kappa shape index (κ3) is 1.24. The highest BCUT2D eigenvalue weighted by Crippen LogP contribution is 2.15. The third-order valence-electron chi connectivity index (χ3n) is 2.49. The van der Waals surface area contributed by atoms with Gasteiger partial charge in [-0.25, -0.2) is 0 Å². The predicted octanol–water partition coefficient (Wildman–Crippen LogP) is 0.0732. The number of nitrogens with zero attached hydrogens (tertiary/aromatic N) is 4. The van der Waals surface area contributed by atoms with Crippen molar-refractivity contribution in [3.63, 3.8) is 0 Å². The fourth-order valence-electron chi connectivity index (χ4n) is 1.67. The minimum absolute atomic E-state index is 0.0961. The topological polar surface area (TPSA) is 123 Å². The smallest absolute Gasteiger partial charge is 0.296 e. The second-order valence-electron chi connectivity index (χ2n) is 3.52. The molecule has 18 heavy (non-hydrogen) atoms. The molecule has 2 heterocycles. The first-order valence-corrected chi connectivity index (χ1v) is 4.94. The number of rotatable bonds is 2. The van der Waals surface area contributed by atoms with Gasteiger partial charge in [-0.2, -0.15) is 0 Å². The number of nitroso groups, excluding NO2 is 1. The average Bonchev–Trinajstić information content (AvgIpc) is 2.91. The van der Waals surface area contributed by atoms with E-state index < -0.39 is 11.2 Å². The summed E-state index contributed by atoms with van der Waals surface area (Å²) in [5, 5.41) is 23.1. The lowest BCUT2D eigenvalue weighted by Crippen LogP contribution is -2.37. The molecule has 2 aromatic heterocycles. The Labute approximate surface area is 98.2 Å². The van der Waals surface area contributed by atoms with Crippen LogP contribution in [0.4, 0.5) is 5.69 Å². The van der Waals surface area contributed by atoms with E-state index in [0.717, 1.165) is 4.80 Å². The van der Waals surface area contributed by atoms with E-state index in [2.05, 4.69) is 20.5 Å². The summed E-state index contributed by atoms with van der Waals surface area (Å²) in [6, 6.07) is 6.61. The highest BCUT2D eigenvalue weighted by Gasteiger charge is 2.22. The van der Waals surface area contributed by atoms with E-state index in [4.69, 9.17) is 0 Å². The Morgan fingerprint density at radius 2 is 2.11 bits per heavy atom. The highest BCUT2D eigenvalue weighted by molar-refractivity contribution is 5.70. The van der Waals surface area contributed by atoms with Crippen molar-refractivity contribution in [3.05, 3.63) is 44.7 Å². The van der Waals surface area contributed by atoms with Crippen molar-refractivity contribution in [2.45, 2.75) is 0 Å². The number of H-pyrrole nitrogens is 2. The van der Waals surface area contributed by atoms with E-state index in [0.29, 0.717) is 15.9 Å². The molecule has 0 saturated heterocycles. The van der Waals surface area contributed by atoms with Gasteiger partial charge in [-0.05, 0) is 17.3 Å². The second-order valence-corrected chi connectivity index (χ2v) is 3.52. The summed E-state index contributed by atoms with van der Waals surface area (Å²) in [5.74, 6) is -0.0961. The Bertz CT molecular complexity index is 798. The lowest BCUT2D eigenvalue weighted by Gasteiger charge is -2.00. The molecule has 3 aromatic rings. The molecule has 0 fully saturated rings. The minimum atomic E-state index is -0.709. The van der Waals surface area contributed by atoms with Crippen LogP contribution in [0, 0.1) is 10.1 Å². The SMILES string of the molecule is O=Nc1c(-n2nc3ccccc3[n+]2[O-])[nH][nH]c1=O. The molecule has 1 aromatic carbocycles. The third-order valence-corrected chi connectivity index (χ3v) is 2.49. The minimum Gasteiger partial charge on any atom is -0.692 e. The number of para-hydroxylation sites is 1.